The van der Waals surface area contributed by atoms with E-state index in [-0.39, 0.29) is 6.42 Å². The number of alkyl halides is 1. The Kier molecular flexibility index (Phi) is 2.86. The van der Waals surface area contributed by atoms with Gasteiger partial charge in [-0.25, -0.2) is 9.18 Å². The highest BCUT2D eigenvalue weighted by Crippen LogP contribution is 2.33. The van der Waals surface area contributed by atoms with Gasteiger partial charge in [0.2, 0.25) is 0 Å². The van der Waals surface area contributed by atoms with Crippen LogP contribution in [-0.2, 0) is 14.3 Å². The number of carbonyl (C=O) groups excluding carboxylic acids is 1. The highest BCUT2D eigenvalue weighted by atomic mass is 19.1. The number of halogens is 1. The van der Waals surface area contributed by atoms with Gasteiger partial charge < -0.3 is 14.9 Å². The van der Waals surface area contributed by atoms with E-state index in [0.29, 0.717) is 0 Å². The van der Waals surface area contributed by atoms with Crippen molar-refractivity contribution in [3.05, 3.63) is 0 Å². The van der Waals surface area contributed by atoms with Crippen molar-refractivity contribution in [1.82, 2.24) is 0 Å². The molecule has 0 saturated heterocycles. The summed E-state index contributed by atoms with van der Waals surface area (Å²) < 4.78 is 18.4. The third kappa shape index (κ3) is 1.51. The summed E-state index contributed by atoms with van der Waals surface area (Å²) in [4.78, 5) is 21.6. The molecule has 1 rings (SSSR count). The predicted molar refractivity (Wildman–Crippen MR) is 42.5 cm³/mol. The van der Waals surface area contributed by atoms with E-state index in [2.05, 4.69) is 4.74 Å². The molecule has 0 aromatic rings. The van der Waals surface area contributed by atoms with Crippen molar-refractivity contribution in [3.63, 3.8) is 0 Å². The van der Waals surface area contributed by atoms with Crippen molar-refractivity contribution in [2.45, 2.75) is 30.7 Å². The molecular formula is C8H11FO5. The van der Waals surface area contributed by atoms with E-state index in [9.17, 15) is 19.1 Å². The second kappa shape index (κ2) is 3.62. The van der Waals surface area contributed by atoms with Crippen LogP contribution >= 0.6 is 0 Å². The molecular weight excluding hydrogens is 195 g/mol. The van der Waals surface area contributed by atoms with Crippen molar-refractivity contribution in [1.29, 1.82) is 0 Å². The Balaban J connectivity index is 2.99. The number of Topliss-reactive ketones (excluding diaryl/α,β-unsaturated/α-hetero) is 1. The lowest BCUT2D eigenvalue weighted by atomic mass is 9.80. The van der Waals surface area contributed by atoms with Gasteiger partial charge in [-0.2, -0.15) is 0 Å². The van der Waals surface area contributed by atoms with Crippen LogP contribution in [0.15, 0.2) is 0 Å². The highest BCUT2D eigenvalue weighted by Gasteiger charge is 2.57. The fraction of sp³-hybridized carbons (Fsp3) is 0.750. The maximum Gasteiger partial charge on any atom is 0.347 e. The number of ether oxygens (including phenoxy) is 1. The number of hydrogen-bond donors (Lipinski definition) is 2. The molecule has 0 bridgehead atoms. The third-order valence-corrected chi connectivity index (χ3v) is 2.40. The quantitative estimate of drug-likeness (QED) is 0.637. The molecule has 1 saturated carbocycles. The lowest BCUT2D eigenvalue weighted by molar-refractivity contribution is -0.184. The second-order valence-corrected chi connectivity index (χ2v) is 3.26. The number of aliphatic hydroxyl groups excluding tert-OH is 1. The molecule has 0 spiro atoms. The topological polar surface area (TPSA) is 83.8 Å². The zero-order valence-electron chi connectivity index (χ0n) is 7.57. The number of ketones is 1. The molecule has 3 unspecified atom stereocenters. The fourth-order valence-corrected chi connectivity index (χ4v) is 1.55. The van der Waals surface area contributed by atoms with Gasteiger partial charge in [-0.1, -0.05) is 0 Å². The van der Waals surface area contributed by atoms with E-state index < -0.39 is 36.1 Å². The van der Waals surface area contributed by atoms with Crippen LogP contribution in [0.1, 0.15) is 12.8 Å². The van der Waals surface area contributed by atoms with Crippen LogP contribution in [0.4, 0.5) is 4.39 Å². The molecule has 0 heterocycles. The van der Waals surface area contributed by atoms with Crippen LogP contribution in [0.5, 0.6) is 0 Å². The van der Waals surface area contributed by atoms with Crippen LogP contribution in [0.2, 0.25) is 0 Å². The number of aliphatic carboxylic acids is 1. The van der Waals surface area contributed by atoms with Crippen LogP contribution < -0.4 is 0 Å². The van der Waals surface area contributed by atoms with Crippen molar-refractivity contribution in [2.75, 3.05) is 7.11 Å². The summed E-state index contributed by atoms with van der Waals surface area (Å²) >= 11 is 0. The van der Waals surface area contributed by atoms with Gasteiger partial charge in [0.1, 0.15) is 18.0 Å². The summed E-state index contributed by atoms with van der Waals surface area (Å²) in [7, 11) is 1.10. The SMILES string of the molecule is COC1CC(=O)CC(O)C1(F)C(=O)O. The molecule has 14 heavy (non-hydrogen) atoms. The smallest absolute Gasteiger partial charge is 0.347 e. The minimum absolute atomic E-state index is 0.323. The van der Waals surface area contributed by atoms with Crippen molar-refractivity contribution < 1.29 is 28.9 Å². The van der Waals surface area contributed by atoms with E-state index in [4.69, 9.17) is 5.11 Å². The summed E-state index contributed by atoms with van der Waals surface area (Å²) in [6.07, 6.45) is -4.07. The number of hydrogen-bond acceptors (Lipinski definition) is 4. The minimum atomic E-state index is -2.89. The van der Waals surface area contributed by atoms with Gasteiger partial charge in [-0.15, -0.1) is 0 Å². The van der Waals surface area contributed by atoms with Gasteiger partial charge in [0.05, 0.1) is 0 Å². The lowest BCUT2D eigenvalue weighted by Gasteiger charge is -2.36. The largest absolute Gasteiger partial charge is 0.479 e. The van der Waals surface area contributed by atoms with E-state index in [0.717, 1.165) is 7.11 Å². The van der Waals surface area contributed by atoms with Gasteiger partial charge in [0, 0.05) is 20.0 Å². The average Bonchev–Trinajstić information content (AvgIpc) is 2.10. The molecule has 1 aliphatic rings. The third-order valence-electron chi connectivity index (χ3n) is 2.40. The van der Waals surface area contributed by atoms with Crippen LogP contribution in [0.3, 0.4) is 0 Å². The number of carboxylic acid groups (broad SMARTS) is 1. The summed E-state index contributed by atoms with van der Waals surface area (Å²) in [5.74, 6) is -2.21. The maximum atomic E-state index is 13.8. The zero-order valence-corrected chi connectivity index (χ0v) is 7.57. The van der Waals surface area contributed by atoms with Crippen molar-refractivity contribution in [3.8, 4) is 0 Å². The lowest BCUT2D eigenvalue weighted by Crippen LogP contribution is -2.59. The molecule has 5 nitrogen and oxygen atoms in total. The van der Waals surface area contributed by atoms with Gasteiger partial charge in [0.25, 0.3) is 5.67 Å². The Labute approximate surface area is 79.5 Å². The zero-order chi connectivity index (χ0) is 10.9. The second-order valence-electron chi connectivity index (χ2n) is 3.26. The van der Waals surface area contributed by atoms with Crippen LogP contribution in [-0.4, -0.2) is 47.0 Å². The molecule has 1 fully saturated rings. The van der Waals surface area contributed by atoms with E-state index in [1.807, 2.05) is 0 Å². The number of carboxylic acids is 1. The molecule has 3 atom stereocenters. The molecule has 0 aromatic heterocycles. The molecule has 2 N–H and O–H groups in total. The van der Waals surface area contributed by atoms with Gasteiger partial charge in [-0.3, -0.25) is 4.79 Å². The van der Waals surface area contributed by atoms with E-state index >= 15 is 0 Å². The first-order valence-electron chi connectivity index (χ1n) is 4.07. The number of carbonyl (C=O) groups is 2. The Morgan fingerprint density at radius 3 is 2.64 bits per heavy atom. The van der Waals surface area contributed by atoms with E-state index in [1.54, 1.807) is 0 Å². The Bertz CT molecular complexity index is 266. The standard InChI is InChI=1S/C8H11FO5/c1-14-6-3-4(10)2-5(11)8(6,9)7(12)13/h5-6,11H,2-3H2,1H3,(H,12,13). The number of methoxy groups -OCH3 is 1. The normalized spacial score (nSPS) is 38.4. The predicted octanol–water partition coefficient (Wildman–Crippen LogP) is -0.482. The minimum Gasteiger partial charge on any atom is -0.479 e. The van der Waals surface area contributed by atoms with Gasteiger partial charge in [0.15, 0.2) is 0 Å². The molecule has 0 aliphatic heterocycles. The molecule has 0 aromatic carbocycles. The fourth-order valence-electron chi connectivity index (χ4n) is 1.55. The molecule has 0 amide bonds. The highest BCUT2D eigenvalue weighted by molar-refractivity contribution is 5.87. The Morgan fingerprint density at radius 2 is 2.21 bits per heavy atom. The van der Waals surface area contributed by atoms with E-state index in [1.165, 1.54) is 0 Å². The van der Waals surface area contributed by atoms with Gasteiger partial charge in [-0.05, 0) is 0 Å². The monoisotopic (exact) mass is 206 g/mol. The summed E-state index contributed by atoms with van der Waals surface area (Å²) in [5, 5.41) is 17.8. The van der Waals surface area contributed by atoms with Gasteiger partial charge >= 0.3 is 5.97 Å². The maximum absolute atomic E-state index is 13.8. The molecule has 6 heteroatoms. The summed E-state index contributed by atoms with van der Waals surface area (Å²) in [6.45, 7) is 0. The first-order valence-corrected chi connectivity index (χ1v) is 4.07. The Morgan fingerprint density at radius 1 is 1.64 bits per heavy atom. The first kappa shape index (κ1) is 11.1. The average molecular weight is 206 g/mol. The number of aliphatic hydroxyl groups is 1. The molecule has 0 radical (unpaired) electrons. The van der Waals surface area contributed by atoms with Crippen LogP contribution in [0.25, 0.3) is 0 Å². The first-order chi connectivity index (χ1) is 6.42. The molecule has 1 aliphatic carbocycles. The Hall–Kier alpha value is -1.01. The van der Waals surface area contributed by atoms with Crippen LogP contribution in [0, 0.1) is 0 Å². The summed E-state index contributed by atoms with van der Waals surface area (Å²) in [6, 6.07) is 0. The molecule has 80 valence electrons. The summed E-state index contributed by atoms with van der Waals surface area (Å²) in [5.41, 5.74) is -2.89. The van der Waals surface area contributed by atoms with Crippen molar-refractivity contribution in [2.24, 2.45) is 0 Å². The number of rotatable bonds is 2. The van der Waals surface area contributed by atoms with Crippen molar-refractivity contribution >= 4 is 11.8 Å².